The van der Waals surface area contributed by atoms with Crippen LogP contribution in [0.4, 0.5) is 5.69 Å². The lowest BCUT2D eigenvalue weighted by Gasteiger charge is -2.24. The number of hydrogen-bond donors (Lipinski definition) is 2. The van der Waals surface area contributed by atoms with Gasteiger partial charge in [0.2, 0.25) is 0 Å². The first-order valence-corrected chi connectivity index (χ1v) is 12.2. The third kappa shape index (κ3) is 6.58. The van der Waals surface area contributed by atoms with E-state index in [2.05, 4.69) is 10.5 Å². The van der Waals surface area contributed by atoms with Gasteiger partial charge in [-0.3, -0.25) is 9.10 Å². The number of hydrogen-bond acceptors (Lipinski definition) is 6. The molecule has 9 nitrogen and oxygen atoms in total. The van der Waals surface area contributed by atoms with E-state index >= 15 is 0 Å². The number of carbonyl (C=O) groups excluding carboxylic acids is 1. The van der Waals surface area contributed by atoms with E-state index in [0.29, 0.717) is 17.4 Å². The minimum atomic E-state index is -4.14. The van der Waals surface area contributed by atoms with Crippen molar-refractivity contribution < 1.29 is 27.9 Å². The van der Waals surface area contributed by atoms with E-state index in [1.807, 2.05) is 6.92 Å². The molecule has 0 fully saturated rings. The van der Waals surface area contributed by atoms with Crippen LogP contribution in [-0.2, 0) is 14.8 Å². The van der Waals surface area contributed by atoms with Crippen LogP contribution in [-0.4, -0.2) is 44.8 Å². The van der Waals surface area contributed by atoms with Gasteiger partial charge in [-0.25, -0.2) is 18.6 Å². The minimum absolute atomic E-state index is 0.00632. The number of carboxylic acid groups (broad SMARTS) is 1. The first kappa shape index (κ1) is 25.7. The molecule has 0 aliphatic heterocycles. The molecule has 0 aromatic heterocycles. The van der Waals surface area contributed by atoms with Crippen molar-refractivity contribution in [1.29, 1.82) is 0 Å². The third-order valence-corrected chi connectivity index (χ3v) is 6.75. The number of rotatable bonds is 10. The second-order valence-corrected chi connectivity index (χ2v) is 9.38. The number of halogens is 1. The fourth-order valence-corrected chi connectivity index (χ4v) is 4.62. The molecule has 3 aromatic carbocycles. The van der Waals surface area contributed by atoms with Gasteiger partial charge in [-0.05, 0) is 61.5 Å². The van der Waals surface area contributed by atoms with E-state index in [1.165, 1.54) is 54.7 Å². The van der Waals surface area contributed by atoms with E-state index < -0.39 is 28.4 Å². The Bertz CT molecular complexity index is 1330. The molecule has 0 bridgehead atoms. The summed E-state index contributed by atoms with van der Waals surface area (Å²) in [6, 6.07) is 17.9. The lowest BCUT2D eigenvalue weighted by Crippen LogP contribution is -2.39. The second kappa shape index (κ2) is 11.5. The monoisotopic (exact) mass is 515 g/mol. The summed E-state index contributed by atoms with van der Waals surface area (Å²) in [5.41, 5.74) is 2.76. The Morgan fingerprint density at radius 3 is 2.34 bits per heavy atom. The molecule has 182 valence electrons. The van der Waals surface area contributed by atoms with E-state index in [0.717, 1.165) is 4.31 Å². The van der Waals surface area contributed by atoms with Crippen LogP contribution in [0.5, 0.6) is 5.75 Å². The van der Waals surface area contributed by atoms with E-state index in [-0.39, 0.29) is 21.7 Å². The number of amides is 1. The van der Waals surface area contributed by atoms with Crippen LogP contribution in [0.3, 0.4) is 0 Å². The highest BCUT2D eigenvalue weighted by Gasteiger charge is 2.27. The van der Waals surface area contributed by atoms with Crippen LogP contribution >= 0.6 is 11.6 Å². The molecule has 3 aromatic rings. The summed E-state index contributed by atoms with van der Waals surface area (Å²) in [5.74, 6) is -1.33. The summed E-state index contributed by atoms with van der Waals surface area (Å²) < 4.78 is 33.1. The maximum absolute atomic E-state index is 13.4. The van der Waals surface area contributed by atoms with E-state index in [9.17, 15) is 23.1 Å². The maximum Gasteiger partial charge on any atom is 0.336 e. The lowest BCUT2D eigenvalue weighted by atomic mass is 10.1. The van der Waals surface area contributed by atoms with Crippen molar-refractivity contribution in [3.05, 3.63) is 88.9 Å². The first-order chi connectivity index (χ1) is 16.7. The zero-order chi connectivity index (χ0) is 25.4. The highest BCUT2D eigenvalue weighted by Crippen LogP contribution is 2.26. The number of aromatic carboxylic acids is 1. The molecule has 35 heavy (non-hydrogen) atoms. The molecule has 0 unspecified atom stereocenters. The summed E-state index contributed by atoms with van der Waals surface area (Å²) in [7, 11) is -4.14. The zero-order valence-electron chi connectivity index (χ0n) is 18.6. The summed E-state index contributed by atoms with van der Waals surface area (Å²) in [6.45, 7) is 1.68. The predicted molar refractivity (Wildman–Crippen MR) is 133 cm³/mol. The number of carboxylic acids is 1. The van der Waals surface area contributed by atoms with Gasteiger partial charge < -0.3 is 9.84 Å². The quantitative estimate of drug-likeness (QED) is 0.312. The second-order valence-electron chi connectivity index (χ2n) is 7.08. The summed E-state index contributed by atoms with van der Waals surface area (Å²) in [6.07, 6.45) is 1.18. The highest BCUT2D eigenvalue weighted by molar-refractivity contribution is 7.92. The van der Waals surface area contributed by atoms with Gasteiger partial charge in [0.15, 0.2) is 0 Å². The van der Waals surface area contributed by atoms with Gasteiger partial charge in [0, 0.05) is 10.6 Å². The molecule has 0 aliphatic carbocycles. The van der Waals surface area contributed by atoms with E-state index in [4.69, 9.17) is 16.3 Å². The Hall–Kier alpha value is -3.89. The smallest absolute Gasteiger partial charge is 0.336 e. The Kier molecular flexibility index (Phi) is 8.45. The molecule has 0 heterocycles. The first-order valence-electron chi connectivity index (χ1n) is 10.4. The number of nitrogens with one attached hydrogen (secondary N) is 1. The molecule has 0 radical (unpaired) electrons. The van der Waals surface area contributed by atoms with Crippen molar-refractivity contribution in [3.8, 4) is 5.75 Å². The molecule has 3 rings (SSSR count). The van der Waals surface area contributed by atoms with Crippen LogP contribution in [0.15, 0.2) is 82.8 Å². The molecule has 11 heteroatoms. The zero-order valence-corrected chi connectivity index (χ0v) is 20.2. The average Bonchev–Trinajstić information content (AvgIpc) is 2.84. The van der Waals surface area contributed by atoms with Crippen LogP contribution in [0.1, 0.15) is 22.8 Å². The van der Waals surface area contributed by atoms with Gasteiger partial charge in [-0.1, -0.05) is 29.8 Å². The molecule has 1 amide bonds. The van der Waals surface area contributed by atoms with Crippen LogP contribution in [0, 0.1) is 0 Å². The maximum atomic E-state index is 13.4. The Labute approximate surface area is 207 Å². The van der Waals surface area contributed by atoms with Crippen LogP contribution < -0.4 is 14.5 Å². The number of benzene rings is 3. The number of anilines is 1. The molecule has 0 saturated carbocycles. The fourth-order valence-electron chi connectivity index (χ4n) is 3.07. The van der Waals surface area contributed by atoms with Crippen molar-refractivity contribution in [3.63, 3.8) is 0 Å². The van der Waals surface area contributed by atoms with Gasteiger partial charge in [-0.2, -0.15) is 5.10 Å². The SMILES string of the molecule is CCOc1ccc(N(CC(=O)N/N=C\c2ccccc2C(=O)O)S(=O)(=O)c2ccc(Cl)cc2)cc1. The van der Waals surface area contributed by atoms with Gasteiger partial charge >= 0.3 is 5.97 Å². The van der Waals surface area contributed by atoms with Crippen LogP contribution in [0.2, 0.25) is 5.02 Å². The van der Waals surface area contributed by atoms with Crippen molar-refractivity contribution in [2.45, 2.75) is 11.8 Å². The van der Waals surface area contributed by atoms with Gasteiger partial charge in [0.1, 0.15) is 12.3 Å². The minimum Gasteiger partial charge on any atom is -0.494 e. The average molecular weight is 516 g/mol. The predicted octanol–water partition coefficient (Wildman–Crippen LogP) is 3.78. The highest BCUT2D eigenvalue weighted by atomic mass is 35.5. The van der Waals surface area contributed by atoms with Crippen molar-refractivity contribution in [2.75, 3.05) is 17.5 Å². The molecular formula is C24H22ClN3O6S. The number of carbonyl (C=O) groups is 2. The van der Waals surface area contributed by atoms with Gasteiger partial charge in [0.25, 0.3) is 15.9 Å². The Balaban J connectivity index is 1.86. The molecule has 0 spiro atoms. The Morgan fingerprint density at radius 1 is 1.06 bits per heavy atom. The standard InChI is InChI=1S/C24H22ClN3O6S/c1-2-34-20-11-9-19(10-12-20)28(35(32,33)21-13-7-18(25)8-14-21)16-23(29)27-26-15-17-5-3-4-6-22(17)24(30)31/h3-15H,2,16H2,1H3,(H,27,29)(H,30,31)/b26-15-. The lowest BCUT2D eigenvalue weighted by molar-refractivity contribution is -0.119. The molecule has 0 aliphatic rings. The van der Waals surface area contributed by atoms with Gasteiger partial charge in [-0.15, -0.1) is 0 Å². The van der Waals surface area contributed by atoms with Crippen LogP contribution in [0.25, 0.3) is 0 Å². The number of hydrazone groups is 1. The fraction of sp³-hybridized carbons (Fsp3) is 0.125. The van der Waals surface area contributed by atoms with Crippen molar-refractivity contribution >= 4 is 45.4 Å². The van der Waals surface area contributed by atoms with E-state index in [1.54, 1.807) is 24.3 Å². The van der Waals surface area contributed by atoms with Crippen molar-refractivity contribution in [1.82, 2.24) is 5.43 Å². The topological polar surface area (TPSA) is 125 Å². The summed E-state index contributed by atoms with van der Waals surface area (Å²) in [5, 5.41) is 13.4. The number of sulfonamides is 1. The molecule has 0 atom stereocenters. The summed E-state index contributed by atoms with van der Waals surface area (Å²) >= 11 is 5.89. The molecule has 0 saturated heterocycles. The summed E-state index contributed by atoms with van der Waals surface area (Å²) in [4.78, 5) is 23.9. The number of nitrogens with zero attached hydrogens (tertiary/aromatic N) is 2. The third-order valence-electron chi connectivity index (χ3n) is 4.71. The van der Waals surface area contributed by atoms with Gasteiger partial charge in [0.05, 0.1) is 29.0 Å². The largest absolute Gasteiger partial charge is 0.494 e. The Morgan fingerprint density at radius 2 is 1.71 bits per heavy atom. The number of ether oxygens (including phenoxy) is 1. The molecular weight excluding hydrogens is 494 g/mol. The molecule has 2 N–H and O–H groups in total. The van der Waals surface area contributed by atoms with Crippen molar-refractivity contribution in [2.24, 2.45) is 5.10 Å². The normalized spacial score (nSPS) is 11.3.